The maximum atomic E-state index is 14.6. The van der Waals surface area contributed by atoms with Gasteiger partial charge >= 0.3 is 0 Å². The van der Waals surface area contributed by atoms with Crippen molar-refractivity contribution in [3.63, 3.8) is 0 Å². The molecular formula is C24H30Cl3FN6O. The standard InChI is InChI=1S/C24H30Cl3FN6O/c25-16-5-6-17(26)22(27)21(16)23-33-19-14-20(18(28)13-15(19)24(35)34-23)32-12-4-11-31-9-2-1-8-30-10-3-7-29/h5-6,13-14,30-32H,1-4,7-12,29H2,(H,33,34,35). The number of fused-ring (bicyclic) bond motifs is 1. The molecule has 1 heterocycles. The molecule has 190 valence electrons. The number of anilines is 1. The van der Waals surface area contributed by atoms with Gasteiger partial charge in [0.1, 0.15) is 11.6 Å². The number of nitrogens with two attached hydrogens (primary N) is 1. The van der Waals surface area contributed by atoms with Crippen LogP contribution in [-0.4, -0.2) is 49.2 Å². The predicted octanol–water partition coefficient (Wildman–Crippen LogP) is 4.80. The number of nitrogens with one attached hydrogen (secondary N) is 4. The third kappa shape index (κ3) is 7.77. The molecule has 1 aromatic heterocycles. The molecule has 0 atom stereocenters. The number of unbranched alkanes of at least 4 members (excludes halogenated alkanes) is 1. The molecule has 0 spiro atoms. The first-order valence-electron chi connectivity index (χ1n) is 11.6. The van der Waals surface area contributed by atoms with Crippen LogP contribution < -0.4 is 27.2 Å². The summed E-state index contributed by atoms with van der Waals surface area (Å²) in [7, 11) is 0. The summed E-state index contributed by atoms with van der Waals surface area (Å²) in [5.74, 6) is -0.359. The highest BCUT2D eigenvalue weighted by molar-refractivity contribution is 6.46. The lowest BCUT2D eigenvalue weighted by atomic mass is 10.1. The number of aromatic amines is 1. The van der Waals surface area contributed by atoms with Crippen LogP contribution in [0, 0.1) is 5.82 Å². The topological polar surface area (TPSA) is 108 Å². The molecule has 3 rings (SSSR count). The first-order chi connectivity index (χ1) is 16.9. The molecule has 0 aliphatic heterocycles. The number of rotatable bonds is 14. The van der Waals surface area contributed by atoms with Crippen molar-refractivity contribution in [2.75, 3.05) is 44.6 Å². The molecule has 0 aliphatic rings. The quantitative estimate of drug-likeness (QED) is 0.148. The Bertz CT molecular complexity index is 1190. The van der Waals surface area contributed by atoms with E-state index in [-0.39, 0.29) is 32.0 Å². The summed E-state index contributed by atoms with van der Waals surface area (Å²) in [4.78, 5) is 19.7. The molecule has 3 aromatic rings. The molecule has 2 aromatic carbocycles. The van der Waals surface area contributed by atoms with Crippen LogP contribution in [0.15, 0.2) is 29.1 Å². The zero-order valence-electron chi connectivity index (χ0n) is 19.3. The second kappa shape index (κ2) is 14.0. The fourth-order valence-corrected chi connectivity index (χ4v) is 4.28. The van der Waals surface area contributed by atoms with E-state index in [1.807, 2.05) is 0 Å². The van der Waals surface area contributed by atoms with E-state index >= 15 is 0 Å². The fraction of sp³-hybridized carbons (Fsp3) is 0.417. The lowest BCUT2D eigenvalue weighted by Gasteiger charge is -2.11. The first kappa shape index (κ1) is 27.6. The summed E-state index contributed by atoms with van der Waals surface area (Å²) in [6.07, 6.45) is 4.01. The number of H-pyrrole nitrogens is 1. The van der Waals surface area contributed by atoms with Crippen molar-refractivity contribution in [1.82, 2.24) is 20.6 Å². The summed E-state index contributed by atoms with van der Waals surface area (Å²) in [5, 5.41) is 10.7. The second-order valence-corrected chi connectivity index (χ2v) is 9.30. The number of benzene rings is 2. The van der Waals surface area contributed by atoms with Crippen molar-refractivity contribution in [1.29, 1.82) is 0 Å². The van der Waals surface area contributed by atoms with Gasteiger partial charge < -0.3 is 26.7 Å². The highest BCUT2D eigenvalue weighted by atomic mass is 35.5. The SMILES string of the molecule is NCCCNCCCCNCCCNc1cc2nc(-c3c(Cl)ccc(Cl)c3Cl)[nH]c(=O)c2cc1F. The molecule has 0 radical (unpaired) electrons. The molecule has 0 aliphatic carbocycles. The Morgan fingerprint density at radius 1 is 0.914 bits per heavy atom. The lowest BCUT2D eigenvalue weighted by molar-refractivity contribution is 0.571. The van der Waals surface area contributed by atoms with Gasteiger partial charge in [-0.15, -0.1) is 0 Å². The van der Waals surface area contributed by atoms with Crippen molar-refractivity contribution in [2.45, 2.75) is 25.7 Å². The Morgan fingerprint density at radius 2 is 1.57 bits per heavy atom. The Kier molecular flexibility index (Phi) is 11.0. The van der Waals surface area contributed by atoms with Crippen LogP contribution >= 0.6 is 34.8 Å². The van der Waals surface area contributed by atoms with Gasteiger partial charge in [-0.05, 0) is 82.7 Å². The van der Waals surface area contributed by atoms with E-state index in [1.165, 1.54) is 12.1 Å². The van der Waals surface area contributed by atoms with E-state index in [0.29, 0.717) is 24.2 Å². The average Bonchev–Trinajstić information content (AvgIpc) is 2.83. The third-order valence-electron chi connectivity index (χ3n) is 5.44. The van der Waals surface area contributed by atoms with Crippen LogP contribution in [0.25, 0.3) is 22.3 Å². The van der Waals surface area contributed by atoms with Crippen LogP contribution in [0.4, 0.5) is 10.1 Å². The molecule has 7 nitrogen and oxygen atoms in total. The summed E-state index contributed by atoms with van der Waals surface area (Å²) < 4.78 is 14.6. The van der Waals surface area contributed by atoms with Crippen molar-refractivity contribution in [2.24, 2.45) is 5.73 Å². The molecule has 0 saturated heterocycles. The Balaban J connectivity index is 1.56. The van der Waals surface area contributed by atoms with Gasteiger partial charge in [0.25, 0.3) is 5.56 Å². The zero-order chi connectivity index (χ0) is 25.2. The normalized spacial score (nSPS) is 11.3. The average molecular weight is 544 g/mol. The molecular weight excluding hydrogens is 514 g/mol. The monoisotopic (exact) mass is 542 g/mol. The summed E-state index contributed by atoms with van der Waals surface area (Å²) in [6, 6.07) is 5.82. The number of hydrogen-bond acceptors (Lipinski definition) is 6. The molecule has 0 fully saturated rings. The van der Waals surface area contributed by atoms with Gasteiger partial charge in [0.05, 0.1) is 37.2 Å². The molecule has 11 heteroatoms. The minimum absolute atomic E-state index is 0.130. The van der Waals surface area contributed by atoms with Gasteiger partial charge in [0, 0.05) is 6.54 Å². The highest BCUT2D eigenvalue weighted by Crippen LogP contribution is 2.37. The molecule has 35 heavy (non-hydrogen) atoms. The largest absolute Gasteiger partial charge is 0.383 e. The lowest BCUT2D eigenvalue weighted by Crippen LogP contribution is -2.22. The van der Waals surface area contributed by atoms with Gasteiger partial charge in [0.15, 0.2) is 0 Å². The van der Waals surface area contributed by atoms with Gasteiger partial charge in [-0.3, -0.25) is 4.79 Å². The second-order valence-electron chi connectivity index (χ2n) is 8.11. The first-order valence-corrected chi connectivity index (χ1v) is 12.8. The zero-order valence-corrected chi connectivity index (χ0v) is 21.6. The number of halogens is 4. The molecule has 0 unspecified atom stereocenters. The smallest absolute Gasteiger partial charge is 0.259 e. The molecule has 0 saturated carbocycles. The van der Waals surface area contributed by atoms with E-state index in [9.17, 15) is 9.18 Å². The highest BCUT2D eigenvalue weighted by Gasteiger charge is 2.17. The Labute approximate surface area is 218 Å². The van der Waals surface area contributed by atoms with Gasteiger partial charge in [-0.1, -0.05) is 34.8 Å². The Morgan fingerprint density at radius 3 is 2.29 bits per heavy atom. The van der Waals surface area contributed by atoms with Crippen LogP contribution in [0.1, 0.15) is 25.7 Å². The summed E-state index contributed by atoms with van der Waals surface area (Å²) in [6.45, 7) is 5.00. The van der Waals surface area contributed by atoms with E-state index < -0.39 is 11.4 Å². The summed E-state index contributed by atoms with van der Waals surface area (Å²) in [5.41, 5.74) is 5.87. The van der Waals surface area contributed by atoms with Gasteiger partial charge in [-0.25, -0.2) is 9.37 Å². The Hall–Kier alpha value is -1.94. The van der Waals surface area contributed by atoms with E-state index in [1.54, 1.807) is 12.1 Å². The van der Waals surface area contributed by atoms with E-state index in [0.717, 1.165) is 51.9 Å². The number of aromatic nitrogens is 2. The van der Waals surface area contributed by atoms with Crippen LogP contribution in [0.5, 0.6) is 0 Å². The molecule has 0 amide bonds. The minimum atomic E-state index is -0.522. The number of hydrogen-bond donors (Lipinski definition) is 5. The van der Waals surface area contributed by atoms with E-state index in [4.69, 9.17) is 40.5 Å². The van der Waals surface area contributed by atoms with Gasteiger partial charge in [-0.2, -0.15) is 0 Å². The fourth-order valence-electron chi connectivity index (χ4n) is 3.57. The molecule has 0 bridgehead atoms. The van der Waals surface area contributed by atoms with Crippen molar-refractivity contribution < 1.29 is 4.39 Å². The number of nitrogens with zero attached hydrogens (tertiary/aromatic N) is 1. The van der Waals surface area contributed by atoms with Crippen LogP contribution in [0.2, 0.25) is 15.1 Å². The maximum absolute atomic E-state index is 14.6. The van der Waals surface area contributed by atoms with E-state index in [2.05, 4.69) is 25.9 Å². The summed E-state index contributed by atoms with van der Waals surface area (Å²) >= 11 is 18.7. The predicted molar refractivity (Wildman–Crippen MR) is 145 cm³/mol. The van der Waals surface area contributed by atoms with Crippen molar-refractivity contribution >= 4 is 51.4 Å². The van der Waals surface area contributed by atoms with Crippen molar-refractivity contribution in [3.05, 3.63) is 55.5 Å². The maximum Gasteiger partial charge on any atom is 0.259 e. The van der Waals surface area contributed by atoms with Gasteiger partial charge in [0.2, 0.25) is 0 Å². The minimum Gasteiger partial charge on any atom is -0.383 e. The molecule has 6 N–H and O–H groups in total. The van der Waals surface area contributed by atoms with Crippen LogP contribution in [0.3, 0.4) is 0 Å². The van der Waals surface area contributed by atoms with Crippen molar-refractivity contribution in [3.8, 4) is 11.4 Å². The third-order valence-corrected chi connectivity index (χ3v) is 6.55. The van der Waals surface area contributed by atoms with Crippen LogP contribution in [-0.2, 0) is 0 Å².